The lowest BCUT2D eigenvalue weighted by Gasteiger charge is -2.31. The molecule has 0 atom stereocenters. The highest BCUT2D eigenvalue weighted by molar-refractivity contribution is 5.97. The number of likely N-dealkylation sites (tertiary alicyclic amines) is 1. The van der Waals surface area contributed by atoms with Crippen molar-refractivity contribution >= 4 is 16.9 Å². The van der Waals surface area contributed by atoms with Crippen molar-refractivity contribution in [3.63, 3.8) is 0 Å². The molecule has 5 nitrogen and oxygen atoms in total. The maximum Gasteiger partial charge on any atom is 0.251 e. The number of nitrogens with one attached hydrogen (secondary N) is 2. The molecule has 2 aromatic rings. The minimum absolute atomic E-state index is 0.00393. The van der Waals surface area contributed by atoms with Crippen LogP contribution in [0.1, 0.15) is 37.0 Å². The van der Waals surface area contributed by atoms with E-state index in [4.69, 9.17) is 0 Å². The summed E-state index contributed by atoms with van der Waals surface area (Å²) in [6, 6.07) is 5.84. The summed E-state index contributed by atoms with van der Waals surface area (Å²) in [6.07, 6.45) is 5.93. The molecule has 0 saturated carbocycles. The predicted molar refractivity (Wildman–Crippen MR) is 92.5 cm³/mol. The number of hydrogen-bond donors (Lipinski definition) is 2. The van der Waals surface area contributed by atoms with Crippen LogP contribution in [0, 0.1) is 0 Å². The molecule has 23 heavy (non-hydrogen) atoms. The Labute approximate surface area is 136 Å². The number of allylic oxidation sites excluding steroid dienone is 1. The van der Waals surface area contributed by atoms with E-state index in [9.17, 15) is 4.79 Å². The van der Waals surface area contributed by atoms with Crippen LogP contribution < -0.4 is 5.32 Å². The van der Waals surface area contributed by atoms with Crippen molar-refractivity contribution in [3.05, 3.63) is 41.7 Å². The normalized spacial score (nSPS) is 16.4. The van der Waals surface area contributed by atoms with Gasteiger partial charge in [-0.3, -0.25) is 9.69 Å². The number of nitrogens with zero attached hydrogens (tertiary/aromatic N) is 2. The average molecular weight is 312 g/mol. The summed E-state index contributed by atoms with van der Waals surface area (Å²) in [4.78, 5) is 22.1. The fraction of sp³-hybridized carbons (Fsp3) is 0.444. The van der Waals surface area contributed by atoms with Gasteiger partial charge in [0.1, 0.15) is 0 Å². The van der Waals surface area contributed by atoms with Gasteiger partial charge >= 0.3 is 0 Å². The van der Waals surface area contributed by atoms with Crippen molar-refractivity contribution < 1.29 is 4.79 Å². The second-order valence-electron chi connectivity index (χ2n) is 6.46. The van der Waals surface area contributed by atoms with Gasteiger partial charge < -0.3 is 10.3 Å². The van der Waals surface area contributed by atoms with Gasteiger partial charge in [-0.05, 0) is 44.9 Å². The first kappa shape index (κ1) is 15.7. The topological polar surface area (TPSA) is 61.0 Å². The van der Waals surface area contributed by atoms with E-state index in [1.165, 1.54) is 5.57 Å². The number of H-pyrrole nitrogens is 1. The van der Waals surface area contributed by atoms with Gasteiger partial charge in [0, 0.05) is 31.2 Å². The molecule has 0 aliphatic carbocycles. The Morgan fingerprint density at radius 3 is 2.91 bits per heavy atom. The van der Waals surface area contributed by atoms with E-state index < -0.39 is 0 Å². The first-order valence-corrected chi connectivity index (χ1v) is 8.21. The highest BCUT2D eigenvalue weighted by atomic mass is 16.1. The number of aromatic nitrogens is 2. The maximum atomic E-state index is 12.4. The van der Waals surface area contributed by atoms with E-state index in [2.05, 4.69) is 40.1 Å². The molecule has 1 saturated heterocycles. The van der Waals surface area contributed by atoms with E-state index in [0.717, 1.165) is 43.5 Å². The molecule has 1 amide bonds. The molecule has 1 aromatic carbocycles. The quantitative estimate of drug-likeness (QED) is 0.853. The molecule has 2 N–H and O–H groups in total. The number of rotatable bonds is 4. The van der Waals surface area contributed by atoms with Crippen LogP contribution in [0.4, 0.5) is 0 Å². The first-order chi connectivity index (χ1) is 11.1. The zero-order valence-corrected chi connectivity index (χ0v) is 13.8. The lowest BCUT2D eigenvalue weighted by molar-refractivity contribution is 0.0914. The van der Waals surface area contributed by atoms with Crippen molar-refractivity contribution in [3.8, 4) is 0 Å². The van der Waals surface area contributed by atoms with Gasteiger partial charge in [-0.15, -0.1) is 0 Å². The van der Waals surface area contributed by atoms with Gasteiger partial charge in [-0.25, -0.2) is 4.98 Å². The van der Waals surface area contributed by atoms with Crippen molar-refractivity contribution in [1.82, 2.24) is 20.2 Å². The Balaban J connectivity index is 1.53. The molecule has 0 spiro atoms. The fourth-order valence-corrected chi connectivity index (χ4v) is 2.92. The number of fused-ring (bicyclic) bond motifs is 1. The average Bonchev–Trinajstić information content (AvgIpc) is 3.01. The molecule has 0 unspecified atom stereocenters. The monoisotopic (exact) mass is 312 g/mol. The molecule has 0 radical (unpaired) electrons. The minimum atomic E-state index is 0.00393. The van der Waals surface area contributed by atoms with E-state index in [1.807, 2.05) is 18.2 Å². The molecule has 2 heterocycles. The SMILES string of the molecule is CC(C)=CCN1CCC(NC(=O)c2ccc3nc[nH]c3c2)CC1. The van der Waals surface area contributed by atoms with Crippen LogP contribution in [0.2, 0.25) is 0 Å². The molecule has 3 rings (SSSR count). The van der Waals surface area contributed by atoms with Crippen molar-refractivity contribution in [2.75, 3.05) is 19.6 Å². The second kappa shape index (κ2) is 6.96. The number of carbonyl (C=O) groups excluding carboxylic acids is 1. The van der Waals surface area contributed by atoms with Crippen LogP contribution in [-0.2, 0) is 0 Å². The zero-order chi connectivity index (χ0) is 16.2. The van der Waals surface area contributed by atoms with E-state index in [0.29, 0.717) is 5.56 Å². The maximum absolute atomic E-state index is 12.4. The first-order valence-electron chi connectivity index (χ1n) is 8.21. The summed E-state index contributed by atoms with van der Waals surface area (Å²) in [7, 11) is 0. The van der Waals surface area contributed by atoms with Gasteiger partial charge in [0.2, 0.25) is 0 Å². The standard InChI is InChI=1S/C18H24N4O/c1-13(2)5-8-22-9-6-15(7-10-22)21-18(23)14-3-4-16-17(11-14)20-12-19-16/h3-5,11-12,15H,6-10H2,1-2H3,(H,19,20)(H,21,23). The zero-order valence-electron chi connectivity index (χ0n) is 13.8. The van der Waals surface area contributed by atoms with E-state index in [-0.39, 0.29) is 11.9 Å². The highest BCUT2D eigenvalue weighted by Gasteiger charge is 2.20. The molecule has 1 aliphatic rings. The summed E-state index contributed by atoms with van der Waals surface area (Å²) in [5.41, 5.74) is 3.83. The number of amides is 1. The third kappa shape index (κ3) is 3.99. The molecule has 1 aliphatic heterocycles. The molecule has 1 aromatic heterocycles. The third-order valence-corrected chi connectivity index (χ3v) is 4.36. The molecular weight excluding hydrogens is 288 g/mol. The molecule has 1 fully saturated rings. The summed E-state index contributed by atoms with van der Waals surface area (Å²) >= 11 is 0. The smallest absolute Gasteiger partial charge is 0.251 e. The van der Waals surface area contributed by atoms with Gasteiger partial charge in [-0.1, -0.05) is 11.6 Å². The Morgan fingerprint density at radius 2 is 2.17 bits per heavy atom. The number of aromatic amines is 1. The van der Waals surface area contributed by atoms with Crippen LogP contribution in [-0.4, -0.2) is 46.5 Å². The second-order valence-corrected chi connectivity index (χ2v) is 6.46. The number of imidazole rings is 1. The van der Waals surface area contributed by atoms with Crippen LogP contribution in [0.25, 0.3) is 11.0 Å². The van der Waals surface area contributed by atoms with Gasteiger partial charge in [0.05, 0.1) is 17.4 Å². The highest BCUT2D eigenvalue weighted by Crippen LogP contribution is 2.14. The summed E-state index contributed by atoms with van der Waals surface area (Å²) in [5, 5.41) is 3.16. The van der Waals surface area contributed by atoms with Crippen molar-refractivity contribution in [2.24, 2.45) is 0 Å². The predicted octanol–water partition coefficient (Wildman–Crippen LogP) is 2.72. The molecule has 5 heteroatoms. The van der Waals surface area contributed by atoms with E-state index in [1.54, 1.807) is 6.33 Å². The van der Waals surface area contributed by atoms with Crippen molar-refractivity contribution in [1.29, 1.82) is 0 Å². The van der Waals surface area contributed by atoms with Crippen molar-refractivity contribution in [2.45, 2.75) is 32.7 Å². The summed E-state index contributed by atoms with van der Waals surface area (Å²) in [5.74, 6) is 0.00393. The molecule has 122 valence electrons. The minimum Gasteiger partial charge on any atom is -0.349 e. The Kier molecular flexibility index (Phi) is 4.76. The number of benzene rings is 1. The lowest BCUT2D eigenvalue weighted by atomic mass is 10.0. The Hall–Kier alpha value is -2.14. The van der Waals surface area contributed by atoms with E-state index >= 15 is 0 Å². The number of hydrogen-bond acceptors (Lipinski definition) is 3. The van der Waals surface area contributed by atoms with Gasteiger partial charge in [0.25, 0.3) is 5.91 Å². The van der Waals surface area contributed by atoms with Gasteiger partial charge in [0.15, 0.2) is 0 Å². The van der Waals surface area contributed by atoms with Crippen LogP contribution >= 0.6 is 0 Å². The van der Waals surface area contributed by atoms with Gasteiger partial charge in [-0.2, -0.15) is 0 Å². The van der Waals surface area contributed by atoms with Crippen LogP contribution in [0.3, 0.4) is 0 Å². The summed E-state index contributed by atoms with van der Waals surface area (Å²) in [6.45, 7) is 7.34. The largest absolute Gasteiger partial charge is 0.349 e. The summed E-state index contributed by atoms with van der Waals surface area (Å²) < 4.78 is 0. The lowest BCUT2D eigenvalue weighted by Crippen LogP contribution is -2.44. The number of carbonyl (C=O) groups is 1. The van der Waals surface area contributed by atoms with Crippen LogP contribution in [0.15, 0.2) is 36.2 Å². The number of piperidine rings is 1. The fourth-order valence-electron chi connectivity index (χ4n) is 2.92. The Morgan fingerprint density at radius 1 is 1.39 bits per heavy atom. The molecular formula is C18H24N4O. The van der Waals surface area contributed by atoms with Crippen LogP contribution in [0.5, 0.6) is 0 Å². The Bertz CT molecular complexity index is 707. The third-order valence-electron chi connectivity index (χ3n) is 4.36. The molecule has 0 bridgehead atoms.